The lowest BCUT2D eigenvalue weighted by atomic mass is 10.1. The number of halogens is 3. The molecule has 1 aliphatic rings. The van der Waals surface area contributed by atoms with Crippen LogP contribution < -0.4 is 15.5 Å². The Kier molecular flexibility index (Phi) is 8.03. The Balaban J connectivity index is 1.77. The Hall–Kier alpha value is -3.16. The van der Waals surface area contributed by atoms with Gasteiger partial charge >= 0.3 is 6.18 Å². The zero-order valence-corrected chi connectivity index (χ0v) is 19.9. The molecule has 2 N–H and O–H groups in total. The number of sulfonamides is 1. The highest BCUT2D eigenvalue weighted by Crippen LogP contribution is 2.35. The van der Waals surface area contributed by atoms with Crippen molar-refractivity contribution < 1.29 is 35.9 Å². The second-order valence-electron chi connectivity index (χ2n) is 7.84. The molecule has 3 rings (SSSR count). The minimum absolute atomic E-state index is 0.0721. The largest absolute Gasteiger partial charge is 0.416 e. The quantitative estimate of drug-likeness (QED) is 0.589. The van der Waals surface area contributed by atoms with E-state index in [0.29, 0.717) is 37.7 Å². The molecule has 1 saturated heterocycles. The number of anilines is 3. The van der Waals surface area contributed by atoms with Crippen LogP contribution >= 0.6 is 0 Å². The molecule has 2 amide bonds. The van der Waals surface area contributed by atoms with Crippen LogP contribution in [0.2, 0.25) is 0 Å². The van der Waals surface area contributed by atoms with E-state index in [1.165, 1.54) is 44.3 Å². The number of carbonyl (C=O) groups is 2. The molecule has 0 atom stereocenters. The Morgan fingerprint density at radius 2 is 1.69 bits per heavy atom. The highest BCUT2D eigenvalue weighted by molar-refractivity contribution is 7.89. The average molecular weight is 515 g/mol. The van der Waals surface area contributed by atoms with E-state index in [9.17, 15) is 31.2 Å². The molecule has 2 aromatic rings. The molecule has 1 fully saturated rings. The van der Waals surface area contributed by atoms with Crippen LogP contribution in [-0.4, -0.2) is 64.4 Å². The predicted octanol–water partition coefficient (Wildman–Crippen LogP) is 2.76. The summed E-state index contributed by atoms with van der Waals surface area (Å²) in [6.07, 6.45) is -4.62. The normalized spacial score (nSPS) is 14.6. The number of morpholine rings is 1. The summed E-state index contributed by atoms with van der Waals surface area (Å²) in [7, 11) is -2.89. The molecular formula is C22H25F3N4O5S. The van der Waals surface area contributed by atoms with Gasteiger partial charge in [0.05, 0.1) is 41.6 Å². The second-order valence-corrected chi connectivity index (χ2v) is 9.89. The number of benzene rings is 2. The van der Waals surface area contributed by atoms with Crippen molar-refractivity contribution in [1.29, 1.82) is 0 Å². The molecule has 0 spiro atoms. The minimum atomic E-state index is -4.62. The standard InChI is InChI=1S/C22H25F3N4O5S/c1-15(30)26-17-4-6-18(7-5-17)35(32,33)28(2)14-21(31)27-19-13-16(22(23,24)25)3-8-20(19)29-9-11-34-12-10-29/h3-8,13H,9-12,14H2,1-2H3,(H,26,30)(H,27,31). The van der Waals surface area contributed by atoms with Gasteiger partial charge in [-0.1, -0.05) is 0 Å². The Morgan fingerprint density at radius 1 is 1.06 bits per heavy atom. The van der Waals surface area contributed by atoms with Gasteiger partial charge < -0.3 is 20.3 Å². The molecule has 1 aliphatic heterocycles. The van der Waals surface area contributed by atoms with E-state index >= 15 is 0 Å². The van der Waals surface area contributed by atoms with Crippen LogP contribution in [0.15, 0.2) is 47.4 Å². The fourth-order valence-corrected chi connectivity index (χ4v) is 4.59. The van der Waals surface area contributed by atoms with Gasteiger partial charge in [0, 0.05) is 32.7 Å². The third-order valence-corrected chi connectivity index (χ3v) is 7.02. The average Bonchev–Trinajstić information content (AvgIpc) is 2.79. The molecule has 0 aliphatic carbocycles. The van der Waals surface area contributed by atoms with Crippen molar-refractivity contribution in [1.82, 2.24) is 4.31 Å². The first-order valence-electron chi connectivity index (χ1n) is 10.6. The molecule has 35 heavy (non-hydrogen) atoms. The minimum Gasteiger partial charge on any atom is -0.378 e. The zero-order chi connectivity index (χ0) is 25.8. The highest BCUT2D eigenvalue weighted by atomic mass is 32.2. The Morgan fingerprint density at radius 3 is 2.26 bits per heavy atom. The zero-order valence-electron chi connectivity index (χ0n) is 19.1. The molecule has 1 heterocycles. The molecule has 2 aromatic carbocycles. The molecule has 0 radical (unpaired) electrons. The van der Waals surface area contributed by atoms with Crippen LogP contribution in [-0.2, 0) is 30.5 Å². The summed E-state index contributed by atoms with van der Waals surface area (Å²) in [4.78, 5) is 25.5. The summed E-state index contributed by atoms with van der Waals surface area (Å²) in [6, 6.07) is 8.40. The Labute approximate surface area is 200 Å². The van der Waals surface area contributed by atoms with E-state index in [-0.39, 0.29) is 16.5 Å². The lowest BCUT2D eigenvalue weighted by Gasteiger charge is -2.31. The molecule has 0 saturated carbocycles. The van der Waals surface area contributed by atoms with E-state index in [1.54, 1.807) is 4.90 Å². The maximum absolute atomic E-state index is 13.3. The number of ether oxygens (including phenoxy) is 1. The van der Waals surface area contributed by atoms with Crippen LogP contribution in [0.5, 0.6) is 0 Å². The number of alkyl halides is 3. The Bertz CT molecular complexity index is 1180. The van der Waals surface area contributed by atoms with Gasteiger partial charge in [0.2, 0.25) is 21.8 Å². The SMILES string of the molecule is CC(=O)Nc1ccc(S(=O)(=O)N(C)CC(=O)Nc2cc(C(F)(F)F)ccc2N2CCOCC2)cc1. The van der Waals surface area contributed by atoms with Gasteiger partial charge in [-0.3, -0.25) is 9.59 Å². The van der Waals surface area contributed by atoms with Crippen molar-refractivity contribution in [3.05, 3.63) is 48.0 Å². The van der Waals surface area contributed by atoms with Gasteiger partial charge in [0.25, 0.3) is 0 Å². The molecule has 0 unspecified atom stereocenters. The van der Waals surface area contributed by atoms with E-state index in [1.807, 2.05) is 0 Å². The van der Waals surface area contributed by atoms with Gasteiger partial charge in [-0.2, -0.15) is 17.5 Å². The topological polar surface area (TPSA) is 108 Å². The maximum atomic E-state index is 13.3. The van der Waals surface area contributed by atoms with E-state index in [4.69, 9.17) is 4.74 Å². The van der Waals surface area contributed by atoms with Gasteiger partial charge in [0.1, 0.15) is 0 Å². The number of rotatable bonds is 7. The van der Waals surface area contributed by atoms with Crippen LogP contribution in [0, 0.1) is 0 Å². The van der Waals surface area contributed by atoms with Crippen LogP contribution in [0.3, 0.4) is 0 Å². The first-order chi connectivity index (χ1) is 16.4. The summed E-state index contributed by atoms with van der Waals surface area (Å²) in [5.74, 6) is -1.12. The fraction of sp³-hybridized carbons (Fsp3) is 0.364. The molecule has 0 bridgehead atoms. The summed E-state index contributed by atoms with van der Waals surface area (Å²) >= 11 is 0. The first-order valence-corrected chi connectivity index (χ1v) is 12.0. The van der Waals surface area contributed by atoms with Crippen LogP contribution in [0.1, 0.15) is 12.5 Å². The first kappa shape index (κ1) is 26.4. The number of nitrogens with one attached hydrogen (secondary N) is 2. The third kappa shape index (κ3) is 6.71. The van der Waals surface area contributed by atoms with Crippen LogP contribution in [0.25, 0.3) is 0 Å². The summed E-state index contributed by atoms with van der Waals surface area (Å²) in [5, 5.41) is 4.95. The number of hydrogen-bond donors (Lipinski definition) is 2. The lowest BCUT2D eigenvalue weighted by molar-refractivity contribution is -0.137. The summed E-state index contributed by atoms with van der Waals surface area (Å²) < 4.78 is 71.6. The van der Waals surface area contributed by atoms with E-state index in [2.05, 4.69) is 10.6 Å². The van der Waals surface area contributed by atoms with Crippen molar-refractivity contribution in [3.63, 3.8) is 0 Å². The van der Waals surface area contributed by atoms with Crippen LogP contribution in [0.4, 0.5) is 30.2 Å². The summed E-state index contributed by atoms with van der Waals surface area (Å²) in [5.41, 5.74) is -0.229. The third-order valence-electron chi connectivity index (χ3n) is 5.20. The maximum Gasteiger partial charge on any atom is 0.416 e. The van der Waals surface area contributed by atoms with Gasteiger partial charge in [-0.25, -0.2) is 8.42 Å². The van der Waals surface area contributed by atoms with Crippen molar-refractivity contribution in [2.45, 2.75) is 18.0 Å². The summed E-state index contributed by atoms with van der Waals surface area (Å²) in [6.45, 7) is 2.31. The van der Waals surface area contributed by atoms with Crippen molar-refractivity contribution in [3.8, 4) is 0 Å². The van der Waals surface area contributed by atoms with Crippen molar-refractivity contribution in [2.75, 3.05) is 55.4 Å². The number of hydrogen-bond acceptors (Lipinski definition) is 6. The van der Waals surface area contributed by atoms with E-state index in [0.717, 1.165) is 16.4 Å². The molecular weight excluding hydrogens is 489 g/mol. The molecule has 13 heteroatoms. The molecule has 190 valence electrons. The molecule has 9 nitrogen and oxygen atoms in total. The van der Waals surface area contributed by atoms with Crippen molar-refractivity contribution in [2.24, 2.45) is 0 Å². The predicted molar refractivity (Wildman–Crippen MR) is 124 cm³/mol. The highest BCUT2D eigenvalue weighted by Gasteiger charge is 2.32. The number of amides is 2. The number of likely N-dealkylation sites (N-methyl/N-ethyl adjacent to an activating group) is 1. The van der Waals surface area contributed by atoms with Gasteiger partial charge in [-0.05, 0) is 42.5 Å². The van der Waals surface area contributed by atoms with Gasteiger partial charge in [-0.15, -0.1) is 0 Å². The fourth-order valence-electron chi connectivity index (χ4n) is 3.46. The number of nitrogens with zero attached hydrogens (tertiary/aromatic N) is 2. The van der Waals surface area contributed by atoms with Gasteiger partial charge in [0.15, 0.2) is 0 Å². The monoisotopic (exact) mass is 514 g/mol. The van der Waals surface area contributed by atoms with E-state index < -0.39 is 34.2 Å². The van der Waals surface area contributed by atoms with Crippen molar-refractivity contribution >= 4 is 38.9 Å². The number of carbonyl (C=O) groups excluding carboxylic acids is 2. The molecule has 0 aromatic heterocycles. The smallest absolute Gasteiger partial charge is 0.378 e. The second kappa shape index (κ2) is 10.6. The lowest BCUT2D eigenvalue weighted by Crippen LogP contribution is -2.38.